The fourth-order valence-electron chi connectivity index (χ4n) is 1.57. The molecule has 2 rings (SSSR count). The third-order valence-electron chi connectivity index (χ3n) is 3.11. The summed E-state index contributed by atoms with van der Waals surface area (Å²) >= 11 is -0.526. The second kappa shape index (κ2) is 12.1. The zero-order valence-electron chi connectivity index (χ0n) is 15.0. The molecule has 1 unspecified atom stereocenters. The van der Waals surface area contributed by atoms with E-state index in [1.54, 1.807) is 25.2 Å². The van der Waals surface area contributed by atoms with Gasteiger partial charge in [0.2, 0.25) is 11.1 Å². The number of hydroxylamine groups is 1. The summed E-state index contributed by atoms with van der Waals surface area (Å²) < 4.78 is 25.4. The average molecular weight is 390 g/mol. The molecule has 140 valence electrons. The van der Waals surface area contributed by atoms with E-state index in [-0.39, 0.29) is 0 Å². The predicted molar refractivity (Wildman–Crippen MR) is 96.3 cm³/mol. The largest absolute Gasteiger partial charge is 0.306 e. The van der Waals surface area contributed by atoms with Crippen LogP contribution in [0.2, 0.25) is 0 Å². The normalized spacial score (nSPS) is 11.7. The molecule has 2 aromatic rings. The summed E-state index contributed by atoms with van der Waals surface area (Å²) in [6.07, 6.45) is 4.07. The van der Waals surface area contributed by atoms with Gasteiger partial charge in [-0.2, -0.15) is 14.1 Å². The second-order valence-corrected chi connectivity index (χ2v) is 6.73. The van der Waals surface area contributed by atoms with Crippen molar-refractivity contribution in [3.05, 3.63) is 42.5 Å². The van der Waals surface area contributed by atoms with Crippen molar-refractivity contribution in [1.82, 2.24) is 15.4 Å². The van der Waals surface area contributed by atoms with E-state index in [0.717, 1.165) is 16.9 Å². The molecular formula is C15H25N4O4S2+. The first-order chi connectivity index (χ1) is 12.0. The molecular weight excluding hydrogens is 364 g/mol. The SMILES string of the molecule is CNCNOS(=O)c1cccc(SOOC)c1.Cc1n(C)cc[n+]1C. The number of benzene rings is 1. The Bertz CT molecular complexity index is 647. The Morgan fingerprint density at radius 2 is 2.16 bits per heavy atom. The number of nitrogens with zero attached hydrogens (tertiary/aromatic N) is 2. The maximum absolute atomic E-state index is 11.7. The molecule has 0 fully saturated rings. The van der Waals surface area contributed by atoms with Gasteiger partial charge in [-0.05, 0) is 25.2 Å². The first-order valence-corrected chi connectivity index (χ1v) is 9.22. The molecule has 10 heteroatoms. The molecule has 1 heterocycles. The molecule has 0 bridgehead atoms. The maximum atomic E-state index is 11.7. The monoisotopic (exact) mass is 389 g/mol. The standard InChI is InChI=1S/C9H14N2O4S2.C6H11N2/c1-10-7-11-14-17(12)9-5-3-4-8(6-9)16-15-13-2;1-6-7(2)4-5-8(6)3/h3-6,10-11H,7H2,1-2H3;4-5H,1-3H3/q;+1. The molecule has 0 aliphatic rings. The highest BCUT2D eigenvalue weighted by molar-refractivity contribution is 7.94. The minimum absolute atomic E-state index is 0.410. The number of aryl methyl sites for hydroxylation is 2. The first-order valence-electron chi connectivity index (χ1n) is 7.41. The summed E-state index contributed by atoms with van der Waals surface area (Å²) in [5.41, 5.74) is 2.52. The maximum Gasteiger partial charge on any atom is 0.252 e. The predicted octanol–water partition coefficient (Wildman–Crippen LogP) is 1.15. The number of rotatable bonds is 8. The zero-order valence-corrected chi connectivity index (χ0v) is 16.6. The van der Waals surface area contributed by atoms with Crippen LogP contribution in [0.15, 0.2) is 46.5 Å². The van der Waals surface area contributed by atoms with Crippen molar-refractivity contribution >= 4 is 23.1 Å². The van der Waals surface area contributed by atoms with Crippen LogP contribution in [-0.2, 0) is 38.7 Å². The van der Waals surface area contributed by atoms with Crippen molar-refractivity contribution < 1.29 is 22.3 Å². The Kier molecular flexibility index (Phi) is 10.6. The lowest BCUT2D eigenvalue weighted by Gasteiger charge is -2.05. The van der Waals surface area contributed by atoms with Crippen molar-refractivity contribution in [3.63, 3.8) is 0 Å². The molecule has 0 spiro atoms. The topological polar surface area (TPSA) is 77.6 Å². The lowest BCUT2D eigenvalue weighted by Crippen LogP contribution is -2.29. The fourth-order valence-corrected chi connectivity index (χ4v) is 2.78. The molecule has 0 saturated heterocycles. The van der Waals surface area contributed by atoms with Gasteiger partial charge in [-0.1, -0.05) is 6.07 Å². The van der Waals surface area contributed by atoms with Gasteiger partial charge in [-0.25, -0.2) is 18.2 Å². The third-order valence-corrected chi connectivity index (χ3v) is 4.67. The van der Waals surface area contributed by atoms with Crippen LogP contribution in [0.3, 0.4) is 0 Å². The average Bonchev–Trinajstić information content (AvgIpc) is 2.92. The molecule has 2 N–H and O–H groups in total. The Hall–Kier alpha value is -1.27. The molecule has 0 aliphatic carbocycles. The summed E-state index contributed by atoms with van der Waals surface area (Å²) in [6.45, 7) is 2.49. The van der Waals surface area contributed by atoms with E-state index < -0.39 is 11.1 Å². The lowest BCUT2D eigenvalue weighted by atomic mass is 10.4. The summed E-state index contributed by atoms with van der Waals surface area (Å²) in [7, 11) is 7.24. The molecule has 25 heavy (non-hydrogen) atoms. The fraction of sp³-hybridized carbons (Fsp3) is 0.400. The highest BCUT2D eigenvalue weighted by Crippen LogP contribution is 2.21. The van der Waals surface area contributed by atoms with E-state index >= 15 is 0 Å². The number of hydrogen-bond donors (Lipinski definition) is 2. The molecule has 0 radical (unpaired) electrons. The van der Waals surface area contributed by atoms with Gasteiger partial charge in [0, 0.05) is 11.8 Å². The van der Waals surface area contributed by atoms with E-state index in [4.69, 9.17) is 8.62 Å². The molecule has 0 aliphatic heterocycles. The second-order valence-electron chi connectivity index (χ2n) is 4.85. The Balaban J connectivity index is 0.000000324. The van der Waals surface area contributed by atoms with Crippen LogP contribution >= 0.6 is 12.0 Å². The van der Waals surface area contributed by atoms with E-state index in [1.807, 2.05) is 32.6 Å². The number of nitrogens with one attached hydrogen (secondary N) is 2. The van der Waals surface area contributed by atoms with Gasteiger partial charge < -0.3 is 5.32 Å². The summed E-state index contributed by atoms with van der Waals surface area (Å²) in [5, 5.41) is 2.80. The van der Waals surface area contributed by atoms with Gasteiger partial charge in [0.15, 0.2) is 0 Å². The summed E-state index contributed by atoms with van der Waals surface area (Å²) in [6, 6.07) is 6.97. The van der Waals surface area contributed by atoms with Crippen LogP contribution < -0.4 is 15.4 Å². The van der Waals surface area contributed by atoms with Crippen LogP contribution in [0.5, 0.6) is 0 Å². The van der Waals surface area contributed by atoms with Gasteiger partial charge in [0.05, 0.1) is 44.8 Å². The van der Waals surface area contributed by atoms with Crippen molar-refractivity contribution in [3.8, 4) is 0 Å². The van der Waals surface area contributed by atoms with Crippen molar-refractivity contribution in [2.45, 2.75) is 16.7 Å². The van der Waals surface area contributed by atoms with E-state index in [1.165, 1.54) is 12.9 Å². The highest BCUT2D eigenvalue weighted by atomic mass is 32.2. The highest BCUT2D eigenvalue weighted by Gasteiger charge is 2.06. The number of imidazole rings is 1. The first kappa shape index (κ1) is 21.8. The number of hydrogen-bond acceptors (Lipinski definition) is 7. The van der Waals surface area contributed by atoms with E-state index in [9.17, 15) is 4.21 Å². The summed E-state index contributed by atoms with van der Waals surface area (Å²) in [5.74, 6) is 1.27. The summed E-state index contributed by atoms with van der Waals surface area (Å²) in [4.78, 5) is 5.77. The van der Waals surface area contributed by atoms with Gasteiger partial charge in [-0.15, -0.1) is 0 Å². The zero-order chi connectivity index (χ0) is 18.7. The van der Waals surface area contributed by atoms with Crippen molar-refractivity contribution in [1.29, 1.82) is 0 Å². The molecule has 0 saturated carbocycles. The van der Waals surface area contributed by atoms with Gasteiger partial charge in [0.1, 0.15) is 12.4 Å². The Morgan fingerprint density at radius 1 is 1.40 bits per heavy atom. The number of aromatic nitrogens is 2. The quantitative estimate of drug-likeness (QED) is 0.175. The minimum Gasteiger partial charge on any atom is -0.306 e. The molecule has 8 nitrogen and oxygen atoms in total. The third kappa shape index (κ3) is 8.10. The smallest absolute Gasteiger partial charge is 0.252 e. The van der Waals surface area contributed by atoms with Crippen LogP contribution in [-0.4, -0.2) is 29.6 Å². The van der Waals surface area contributed by atoms with E-state index in [2.05, 4.69) is 31.7 Å². The minimum atomic E-state index is -1.56. The lowest BCUT2D eigenvalue weighted by molar-refractivity contribution is -0.677. The molecule has 1 aromatic heterocycles. The van der Waals surface area contributed by atoms with Crippen LogP contribution in [0, 0.1) is 6.92 Å². The molecule has 1 aromatic carbocycles. The Labute approximate surface area is 155 Å². The van der Waals surface area contributed by atoms with E-state index in [0.29, 0.717) is 11.6 Å². The van der Waals surface area contributed by atoms with Crippen LogP contribution in [0.25, 0.3) is 0 Å². The van der Waals surface area contributed by atoms with Gasteiger partial charge >= 0.3 is 0 Å². The molecule has 1 atom stereocenters. The van der Waals surface area contributed by atoms with Crippen LogP contribution in [0.4, 0.5) is 0 Å². The van der Waals surface area contributed by atoms with Crippen molar-refractivity contribution in [2.24, 2.45) is 14.1 Å². The van der Waals surface area contributed by atoms with Gasteiger partial charge in [-0.3, -0.25) is 0 Å². The Morgan fingerprint density at radius 3 is 2.68 bits per heavy atom. The van der Waals surface area contributed by atoms with Crippen LogP contribution in [0.1, 0.15) is 5.82 Å². The van der Waals surface area contributed by atoms with Gasteiger partial charge in [0.25, 0.3) is 5.82 Å². The van der Waals surface area contributed by atoms with Crippen molar-refractivity contribution in [2.75, 3.05) is 20.8 Å². The molecule has 0 amide bonds.